The molecule has 96 valence electrons. The summed E-state index contributed by atoms with van der Waals surface area (Å²) in [6.07, 6.45) is 0. The van der Waals surface area contributed by atoms with Crippen LogP contribution in [-0.2, 0) is 7.05 Å². The molecular formula is C13H16ClN3O. The first kappa shape index (κ1) is 12.8. The Kier molecular flexibility index (Phi) is 2.99. The molecular weight excluding hydrogens is 250 g/mol. The quantitative estimate of drug-likeness (QED) is 0.833. The van der Waals surface area contributed by atoms with Crippen molar-refractivity contribution in [2.75, 3.05) is 5.73 Å². The summed E-state index contributed by atoms with van der Waals surface area (Å²) < 4.78 is 1.62. The fraction of sp³-hybridized carbons (Fsp3) is 0.308. The molecule has 0 aliphatic heterocycles. The van der Waals surface area contributed by atoms with Gasteiger partial charge in [0.2, 0.25) is 0 Å². The van der Waals surface area contributed by atoms with Crippen molar-refractivity contribution < 1.29 is 5.11 Å². The van der Waals surface area contributed by atoms with Gasteiger partial charge in [-0.3, -0.25) is 4.68 Å². The predicted molar refractivity (Wildman–Crippen MR) is 73.9 cm³/mol. The van der Waals surface area contributed by atoms with Crippen LogP contribution in [-0.4, -0.2) is 14.9 Å². The third kappa shape index (κ3) is 1.73. The topological polar surface area (TPSA) is 64.1 Å². The fourth-order valence-electron chi connectivity index (χ4n) is 2.09. The number of hydrogen-bond donors (Lipinski definition) is 2. The summed E-state index contributed by atoms with van der Waals surface area (Å²) in [7, 11) is 1.79. The minimum atomic E-state index is 0.138. The zero-order valence-corrected chi connectivity index (χ0v) is 11.6. The standard InChI is InChI=1S/C13H16ClN3O/c1-6-7(2)13(18)12(14)8(3)11(6)9-5-10(15)17(4)16-9/h5,18H,15H2,1-4H3. The molecule has 5 heteroatoms. The number of nitrogen functional groups attached to an aromatic ring is 1. The summed E-state index contributed by atoms with van der Waals surface area (Å²) in [5, 5.41) is 14.7. The van der Waals surface area contributed by atoms with Crippen LogP contribution in [0.2, 0.25) is 5.02 Å². The zero-order valence-electron chi connectivity index (χ0n) is 10.9. The molecule has 0 unspecified atom stereocenters. The first-order valence-corrected chi connectivity index (χ1v) is 6.00. The van der Waals surface area contributed by atoms with Crippen LogP contribution in [0.15, 0.2) is 6.07 Å². The van der Waals surface area contributed by atoms with Crippen LogP contribution in [0.1, 0.15) is 16.7 Å². The van der Waals surface area contributed by atoms with Crippen molar-refractivity contribution in [3.8, 4) is 17.0 Å². The van der Waals surface area contributed by atoms with Gasteiger partial charge in [-0.2, -0.15) is 5.10 Å². The van der Waals surface area contributed by atoms with E-state index in [0.29, 0.717) is 10.8 Å². The highest BCUT2D eigenvalue weighted by molar-refractivity contribution is 6.33. The number of nitrogens with zero attached hydrogens (tertiary/aromatic N) is 2. The molecule has 0 aliphatic carbocycles. The van der Waals surface area contributed by atoms with Gasteiger partial charge in [0.25, 0.3) is 0 Å². The van der Waals surface area contributed by atoms with E-state index in [1.807, 2.05) is 26.8 Å². The van der Waals surface area contributed by atoms with Crippen LogP contribution in [0, 0.1) is 20.8 Å². The summed E-state index contributed by atoms with van der Waals surface area (Å²) in [5.74, 6) is 0.727. The van der Waals surface area contributed by atoms with Crippen molar-refractivity contribution >= 4 is 17.4 Å². The minimum absolute atomic E-state index is 0.138. The molecule has 0 atom stereocenters. The van der Waals surface area contributed by atoms with Crippen molar-refractivity contribution in [3.05, 3.63) is 27.8 Å². The van der Waals surface area contributed by atoms with Gasteiger partial charge >= 0.3 is 0 Å². The van der Waals surface area contributed by atoms with Gasteiger partial charge in [-0.15, -0.1) is 0 Å². The van der Waals surface area contributed by atoms with E-state index in [9.17, 15) is 5.11 Å². The molecule has 0 saturated heterocycles. The van der Waals surface area contributed by atoms with E-state index in [0.717, 1.165) is 27.9 Å². The van der Waals surface area contributed by atoms with E-state index in [1.165, 1.54) is 0 Å². The second-order valence-electron chi connectivity index (χ2n) is 4.49. The van der Waals surface area contributed by atoms with E-state index in [4.69, 9.17) is 17.3 Å². The van der Waals surface area contributed by atoms with Crippen LogP contribution in [0.3, 0.4) is 0 Å². The number of aromatic hydroxyl groups is 1. The number of aromatic nitrogens is 2. The van der Waals surface area contributed by atoms with Gasteiger partial charge in [0.1, 0.15) is 11.6 Å². The molecule has 0 amide bonds. The third-order valence-corrected chi connectivity index (χ3v) is 3.84. The zero-order chi connectivity index (χ0) is 13.6. The van der Waals surface area contributed by atoms with Crippen molar-refractivity contribution in [1.82, 2.24) is 9.78 Å². The number of nitrogens with two attached hydrogens (primary N) is 1. The van der Waals surface area contributed by atoms with Gasteiger partial charge in [0, 0.05) is 18.7 Å². The SMILES string of the molecule is Cc1c(C)c(-c2cc(N)n(C)n2)c(C)c(Cl)c1O. The normalized spacial score (nSPS) is 10.9. The number of phenolic OH excluding ortho intramolecular Hbond substituents is 1. The van der Waals surface area contributed by atoms with Gasteiger partial charge in [-0.1, -0.05) is 11.6 Å². The number of phenols is 1. The number of aryl methyl sites for hydroxylation is 1. The second-order valence-corrected chi connectivity index (χ2v) is 4.87. The van der Waals surface area contributed by atoms with E-state index in [1.54, 1.807) is 11.7 Å². The highest BCUT2D eigenvalue weighted by Crippen LogP contribution is 2.40. The lowest BCUT2D eigenvalue weighted by molar-refractivity contribution is 0.470. The van der Waals surface area contributed by atoms with Gasteiger partial charge in [0.05, 0.1) is 10.7 Å². The summed E-state index contributed by atoms with van der Waals surface area (Å²) in [4.78, 5) is 0. The number of halogens is 1. The van der Waals surface area contributed by atoms with Gasteiger partial charge in [0.15, 0.2) is 0 Å². The van der Waals surface area contributed by atoms with E-state index in [-0.39, 0.29) is 5.75 Å². The molecule has 18 heavy (non-hydrogen) atoms. The van der Waals surface area contributed by atoms with Crippen molar-refractivity contribution in [3.63, 3.8) is 0 Å². The first-order chi connectivity index (χ1) is 8.34. The summed E-state index contributed by atoms with van der Waals surface area (Å²) in [6, 6.07) is 1.81. The first-order valence-electron chi connectivity index (χ1n) is 5.62. The number of rotatable bonds is 1. The van der Waals surface area contributed by atoms with Gasteiger partial charge in [-0.05, 0) is 37.5 Å². The molecule has 1 heterocycles. The van der Waals surface area contributed by atoms with Crippen molar-refractivity contribution in [2.45, 2.75) is 20.8 Å². The van der Waals surface area contributed by atoms with Crippen molar-refractivity contribution in [1.29, 1.82) is 0 Å². The fourth-order valence-corrected chi connectivity index (χ4v) is 2.32. The van der Waals surface area contributed by atoms with E-state index >= 15 is 0 Å². The Morgan fingerprint density at radius 2 is 1.83 bits per heavy atom. The molecule has 0 bridgehead atoms. The Morgan fingerprint density at radius 1 is 1.22 bits per heavy atom. The molecule has 0 saturated carbocycles. The Hall–Kier alpha value is -1.68. The molecule has 4 nitrogen and oxygen atoms in total. The lowest BCUT2D eigenvalue weighted by atomic mass is 9.95. The number of anilines is 1. The van der Waals surface area contributed by atoms with Crippen LogP contribution >= 0.6 is 11.6 Å². The molecule has 1 aromatic carbocycles. The maximum Gasteiger partial charge on any atom is 0.137 e. The maximum atomic E-state index is 9.92. The Morgan fingerprint density at radius 3 is 2.33 bits per heavy atom. The van der Waals surface area contributed by atoms with Crippen LogP contribution < -0.4 is 5.73 Å². The van der Waals surface area contributed by atoms with Crippen LogP contribution in [0.25, 0.3) is 11.3 Å². The molecule has 1 aromatic heterocycles. The third-order valence-electron chi connectivity index (χ3n) is 3.38. The molecule has 2 rings (SSSR count). The Balaban J connectivity index is 2.79. The lowest BCUT2D eigenvalue weighted by Gasteiger charge is -2.14. The molecule has 0 radical (unpaired) electrons. The Bertz CT molecular complexity index is 583. The lowest BCUT2D eigenvalue weighted by Crippen LogP contribution is -1.98. The molecule has 2 aromatic rings. The number of benzene rings is 1. The largest absolute Gasteiger partial charge is 0.506 e. The molecule has 0 fully saturated rings. The second kappa shape index (κ2) is 4.21. The molecule has 0 aliphatic rings. The average molecular weight is 266 g/mol. The van der Waals surface area contributed by atoms with Crippen LogP contribution in [0.4, 0.5) is 5.82 Å². The monoisotopic (exact) mass is 265 g/mol. The average Bonchev–Trinajstić information content (AvgIpc) is 2.64. The summed E-state index contributed by atoms with van der Waals surface area (Å²) in [6.45, 7) is 5.65. The van der Waals surface area contributed by atoms with Gasteiger partial charge in [-0.25, -0.2) is 0 Å². The van der Waals surface area contributed by atoms with E-state index < -0.39 is 0 Å². The minimum Gasteiger partial charge on any atom is -0.506 e. The molecule has 3 N–H and O–H groups in total. The summed E-state index contributed by atoms with van der Waals surface area (Å²) >= 11 is 6.14. The van der Waals surface area contributed by atoms with Crippen LogP contribution in [0.5, 0.6) is 5.75 Å². The number of hydrogen-bond acceptors (Lipinski definition) is 3. The summed E-state index contributed by atoms with van der Waals surface area (Å²) in [5.41, 5.74) is 10.1. The maximum absolute atomic E-state index is 9.92. The highest BCUT2D eigenvalue weighted by Gasteiger charge is 2.18. The molecule has 0 spiro atoms. The van der Waals surface area contributed by atoms with Crippen molar-refractivity contribution in [2.24, 2.45) is 7.05 Å². The smallest absolute Gasteiger partial charge is 0.137 e. The predicted octanol–water partition coefficient (Wildman–Crippen LogP) is 2.95. The van der Waals surface area contributed by atoms with Gasteiger partial charge < -0.3 is 10.8 Å². The van der Waals surface area contributed by atoms with E-state index in [2.05, 4.69) is 5.10 Å². The highest BCUT2D eigenvalue weighted by atomic mass is 35.5. The Labute approximate surface area is 111 Å².